The summed E-state index contributed by atoms with van der Waals surface area (Å²) in [6, 6.07) is 0. The summed E-state index contributed by atoms with van der Waals surface area (Å²) < 4.78 is 97.2. The molecule has 0 bridgehead atoms. The Hall–Kier alpha value is -0.120. The van der Waals surface area contributed by atoms with Gasteiger partial charge < -0.3 is 0 Å². The van der Waals surface area contributed by atoms with E-state index in [2.05, 4.69) is 3.83 Å². The van der Waals surface area contributed by atoms with Gasteiger partial charge in [-0.15, -0.1) is 0 Å². The lowest BCUT2D eigenvalue weighted by Gasteiger charge is -2.29. The van der Waals surface area contributed by atoms with Crippen molar-refractivity contribution in [3.63, 3.8) is 0 Å². The molecular weight excluding hydrogens is 296 g/mol. The van der Waals surface area contributed by atoms with Crippen LogP contribution in [0.2, 0.25) is 0 Å². The fraction of sp³-hybridized carbons (Fsp3) is 1.00. The molecule has 14 heavy (non-hydrogen) atoms. The van der Waals surface area contributed by atoms with E-state index in [0.717, 1.165) is 0 Å². The van der Waals surface area contributed by atoms with Gasteiger partial charge in [0.2, 0.25) is 0 Å². The maximum Gasteiger partial charge on any atom is 0.436 e. The van der Waals surface area contributed by atoms with Crippen molar-refractivity contribution in [1.82, 2.24) is 0 Å². The highest BCUT2D eigenvalue weighted by Crippen LogP contribution is 2.49. The lowest BCUT2D eigenvalue weighted by molar-refractivity contribution is -0.385. The van der Waals surface area contributed by atoms with E-state index in [1.807, 2.05) is 0 Å². The predicted molar refractivity (Wildman–Crippen MR) is 30.9 cm³/mol. The normalized spacial score (nSPS) is 15.0. The summed E-state index contributed by atoms with van der Waals surface area (Å²) >= 11 is 1.34. The molecule has 0 spiro atoms. The Morgan fingerprint density at radius 3 is 1.50 bits per heavy atom. The maximum atomic E-state index is 12.1. The maximum absolute atomic E-state index is 12.1. The van der Waals surface area contributed by atoms with E-state index in [1.165, 1.54) is 16.3 Å². The molecule has 0 heterocycles. The Labute approximate surface area is 80.5 Å². The molecule has 0 aliphatic heterocycles. The van der Waals surface area contributed by atoms with Gasteiger partial charge in [0.05, 0.1) is 0 Å². The molecule has 0 amide bonds. The van der Waals surface area contributed by atoms with Gasteiger partial charge in [0.1, 0.15) is 16.3 Å². The molecule has 0 rings (SSSR count). The van der Waals surface area contributed by atoms with Crippen LogP contribution >= 0.6 is 16.3 Å². The molecule has 10 heteroatoms. The van der Waals surface area contributed by atoms with Crippen LogP contribution in [0.1, 0.15) is 0 Å². The molecule has 0 saturated carbocycles. The Morgan fingerprint density at radius 1 is 0.929 bits per heavy atom. The second-order valence-electron chi connectivity index (χ2n) is 2.09. The molecule has 1 nitrogen and oxygen atoms in total. The quantitative estimate of drug-likeness (QED) is 0.722. The molecule has 0 aromatic carbocycles. The van der Waals surface area contributed by atoms with Crippen LogP contribution in [-0.2, 0) is 3.83 Å². The number of alkyl halides is 8. The lowest BCUT2D eigenvalue weighted by atomic mass is 10.1. The fourth-order valence-electron chi connectivity index (χ4n) is 0.380. The van der Waals surface area contributed by atoms with Gasteiger partial charge in [0.15, 0.2) is 0 Å². The summed E-state index contributed by atoms with van der Waals surface area (Å²) in [6.07, 6.45) is -10.7. The van der Waals surface area contributed by atoms with Crippen molar-refractivity contribution in [2.75, 3.05) is 0 Å². The first kappa shape index (κ1) is 13.9. The highest BCUT2D eigenvalue weighted by atomic mass is 79.9. The van der Waals surface area contributed by atoms with E-state index in [9.17, 15) is 35.1 Å². The van der Waals surface area contributed by atoms with Gasteiger partial charge in [-0.3, -0.25) is 0 Å². The number of hydrogen-bond donors (Lipinski definition) is 0. The summed E-state index contributed by atoms with van der Waals surface area (Å²) in [5.41, 5.74) is 0. The first-order valence-corrected chi connectivity index (χ1v) is 3.36. The smallest absolute Gasteiger partial charge is 0.235 e. The van der Waals surface area contributed by atoms with Crippen LogP contribution in [0.3, 0.4) is 0 Å². The van der Waals surface area contributed by atoms with Gasteiger partial charge in [-0.1, -0.05) is 0 Å². The number of halogens is 9. The second kappa shape index (κ2) is 3.80. The minimum Gasteiger partial charge on any atom is -0.235 e. The molecule has 0 radical (unpaired) electrons. The standard InChI is InChI=1S/C4HBrF8O/c5-14-4(12,13)3(10,11)2(8,9)1(6)7/h1H. The van der Waals surface area contributed by atoms with E-state index in [-0.39, 0.29) is 0 Å². The monoisotopic (exact) mass is 296 g/mol. The van der Waals surface area contributed by atoms with E-state index in [1.54, 1.807) is 0 Å². The molecule has 86 valence electrons. The zero-order valence-corrected chi connectivity index (χ0v) is 7.47. The third kappa shape index (κ3) is 1.95. The Balaban J connectivity index is 5.14. The van der Waals surface area contributed by atoms with Crippen LogP contribution < -0.4 is 0 Å². The summed E-state index contributed by atoms with van der Waals surface area (Å²) in [6.45, 7) is 0. The number of rotatable bonds is 4. The van der Waals surface area contributed by atoms with Crippen molar-refractivity contribution in [3.05, 3.63) is 0 Å². The average Bonchev–Trinajstić information content (AvgIpc) is 2.03. The van der Waals surface area contributed by atoms with Crippen molar-refractivity contribution in [2.45, 2.75) is 24.4 Å². The van der Waals surface area contributed by atoms with Crippen LogP contribution in [-0.4, -0.2) is 24.4 Å². The van der Waals surface area contributed by atoms with Crippen molar-refractivity contribution in [2.24, 2.45) is 0 Å². The first-order chi connectivity index (χ1) is 6.00. The molecule has 0 atom stereocenters. The zero-order valence-electron chi connectivity index (χ0n) is 5.89. The van der Waals surface area contributed by atoms with Gasteiger partial charge in [0, 0.05) is 0 Å². The third-order valence-electron chi connectivity index (χ3n) is 1.16. The van der Waals surface area contributed by atoms with Crippen LogP contribution in [0.25, 0.3) is 0 Å². The highest BCUT2D eigenvalue weighted by molar-refractivity contribution is 9.06. The lowest BCUT2D eigenvalue weighted by Crippen LogP contribution is -2.57. The third-order valence-corrected chi connectivity index (χ3v) is 1.56. The first-order valence-electron chi connectivity index (χ1n) is 2.72. The zero-order chi connectivity index (χ0) is 11.8. The van der Waals surface area contributed by atoms with E-state index >= 15 is 0 Å². The molecule has 0 aromatic rings. The van der Waals surface area contributed by atoms with E-state index < -0.39 is 24.4 Å². The van der Waals surface area contributed by atoms with E-state index in [4.69, 9.17) is 0 Å². The van der Waals surface area contributed by atoms with Gasteiger partial charge in [-0.2, -0.15) is 26.3 Å². The summed E-state index contributed by atoms with van der Waals surface area (Å²) in [5, 5.41) is 0. The Bertz CT molecular complexity index is 204. The SMILES string of the molecule is FC(F)C(F)(F)C(F)(F)C(F)(F)OBr. The molecule has 0 saturated heterocycles. The highest BCUT2D eigenvalue weighted by Gasteiger charge is 2.76. The molecule has 0 aliphatic rings. The van der Waals surface area contributed by atoms with Crippen LogP contribution in [0.4, 0.5) is 35.1 Å². The van der Waals surface area contributed by atoms with Gasteiger partial charge in [-0.25, -0.2) is 12.6 Å². The fourth-order valence-corrected chi connectivity index (χ4v) is 0.583. The van der Waals surface area contributed by atoms with E-state index in [0.29, 0.717) is 0 Å². The van der Waals surface area contributed by atoms with Crippen LogP contribution in [0.5, 0.6) is 0 Å². The van der Waals surface area contributed by atoms with Gasteiger partial charge in [-0.05, 0) is 0 Å². The summed E-state index contributed by atoms with van der Waals surface area (Å²) in [5.74, 6) is -12.5. The number of hydrogen-bond acceptors (Lipinski definition) is 1. The van der Waals surface area contributed by atoms with Crippen molar-refractivity contribution in [3.8, 4) is 0 Å². The second-order valence-corrected chi connectivity index (χ2v) is 2.42. The molecule has 0 aromatic heterocycles. The van der Waals surface area contributed by atoms with Gasteiger partial charge in [0.25, 0.3) is 0 Å². The molecule has 0 N–H and O–H groups in total. The topological polar surface area (TPSA) is 9.23 Å². The molecule has 0 unspecified atom stereocenters. The largest absolute Gasteiger partial charge is 0.436 e. The molecular formula is C4HBrF8O. The molecule has 0 aliphatic carbocycles. The average molecular weight is 297 g/mol. The van der Waals surface area contributed by atoms with Crippen LogP contribution in [0, 0.1) is 0 Å². The van der Waals surface area contributed by atoms with Crippen LogP contribution in [0.15, 0.2) is 0 Å². The Kier molecular flexibility index (Phi) is 3.76. The minimum absolute atomic E-state index is 1.34. The summed E-state index contributed by atoms with van der Waals surface area (Å²) in [7, 11) is 0. The predicted octanol–water partition coefficient (Wildman–Crippen LogP) is 3.44. The minimum atomic E-state index is -6.32. The van der Waals surface area contributed by atoms with Crippen molar-refractivity contribution < 1.29 is 39.0 Å². The molecule has 0 fully saturated rings. The van der Waals surface area contributed by atoms with Crippen molar-refractivity contribution >= 4 is 16.3 Å². The van der Waals surface area contributed by atoms with Crippen molar-refractivity contribution in [1.29, 1.82) is 0 Å². The Morgan fingerprint density at radius 2 is 1.29 bits per heavy atom. The van der Waals surface area contributed by atoms with Gasteiger partial charge >= 0.3 is 24.4 Å². The summed E-state index contributed by atoms with van der Waals surface area (Å²) in [4.78, 5) is 0.